The van der Waals surface area contributed by atoms with E-state index >= 15 is 0 Å². The summed E-state index contributed by atoms with van der Waals surface area (Å²) in [6, 6.07) is 9.65. The Hall–Kier alpha value is -3.16. The van der Waals surface area contributed by atoms with Gasteiger partial charge in [0.2, 0.25) is 5.91 Å². The van der Waals surface area contributed by atoms with Crippen LogP contribution in [0.5, 0.6) is 0 Å². The second kappa shape index (κ2) is 9.47. The van der Waals surface area contributed by atoms with Crippen molar-refractivity contribution in [2.24, 2.45) is 23.7 Å². The number of carbonyl (C=O) groups excluding carboxylic acids is 1. The molecular formula is C27H35N5O3. The Balaban J connectivity index is 1.48. The molecule has 2 saturated carbocycles. The van der Waals surface area contributed by atoms with Gasteiger partial charge in [-0.2, -0.15) is 0 Å². The maximum absolute atomic E-state index is 13.5. The molecule has 2 heterocycles. The summed E-state index contributed by atoms with van der Waals surface area (Å²) in [7, 11) is 0. The lowest BCUT2D eigenvalue weighted by Crippen LogP contribution is -2.47. The van der Waals surface area contributed by atoms with Crippen molar-refractivity contribution in [1.82, 2.24) is 24.0 Å². The highest BCUT2D eigenvalue weighted by Gasteiger charge is 2.42. The average Bonchev–Trinajstić information content (AvgIpc) is 3.56. The maximum atomic E-state index is 13.5. The van der Waals surface area contributed by atoms with Crippen LogP contribution in [0.3, 0.4) is 0 Å². The number of rotatable bonds is 8. The third-order valence-electron chi connectivity index (χ3n) is 7.85. The van der Waals surface area contributed by atoms with E-state index in [9.17, 15) is 14.4 Å². The molecule has 8 nitrogen and oxygen atoms in total. The van der Waals surface area contributed by atoms with Crippen molar-refractivity contribution in [2.45, 2.75) is 72.1 Å². The van der Waals surface area contributed by atoms with Gasteiger partial charge >= 0.3 is 5.69 Å². The Bertz CT molecular complexity index is 1340. The predicted octanol–water partition coefficient (Wildman–Crippen LogP) is 3.00. The Morgan fingerprint density at radius 1 is 1.09 bits per heavy atom. The Kier molecular flexibility index (Phi) is 6.38. The molecule has 0 spiro atoms. The van der Waals surface area contributed by atoms with Gasteiger partial charge < -0.3 is 9.88 Å². The van der Waals surface area contributed by atoms with Crippen LogP contribution in [0.4, 0.5) is 0 Å². The molecule has 2 aromatic heterocycles. The quantitative estimate of drug-likeness (QED) is 0.540. The van der Waals surface area contributed by atoms with Crippen LogP contribution in [-0.4, -0.2) is 30.6 Å². The molecule has 1 N–H and O–H groups in total. The zero-order chi connectivity index (χ0) is 24.7. The summed E-state index contributed by atoms with van der Waals surface area (Å²) in [6.45, 7) is 6.77. The SMILES string of the molecule is CC(C)Cn1cnc2c1c(=O)n(CC(=O)NC(C)C1CC3CCC1C3)c(=O)n2Cc1ccccc1. The molecule has 0 radical (unpaired) electrons. The van der Waals surface area contributed by atoms with Crippen LogP contribution in [-0.2, 0) is 24.4 Å². The van der Waals surface area contributed by atoms with Gasteiger partial charge in [-0.15, -0.1) is 0 Å². The smallest absolute Gasteiger partial charge is 0.333 e. The summed E-state index contributed by atoms with van der Waals surface area (Å²) >= 11 is 0. The molecule has 2 aliphatic carbocycles. The largest absolute Gasteiger partial charge is 0.352 e. The van der Waals surface area contributed by atoms with E-state index in [1.807, 2.05) is 30.3 Å². The number of hydrogen-bond acceptors (Lipinski definition) is 4. The molecule has 8 heteroatoms. The first-order valence-electron chi connectivity index (χ1n) is 12.8. The van der Waals surface area contributed by atoms with Crippen molar-refractivity contribution in [3.05, 3.63) is 63.1 Å². The Labute approximate surface area is 205 Å². The minimum absolute atomic E-state index is 0.0373. The number of nitrogens with one attached hydrogen (secondary N) is 1. The molecule has 2 aliphatic rings. The van der Waals surface area contributed by atoms with E-state index < -0.39 is 11.2 Å². The van der Waals surface area contributed by atoms with Crippen molar-refractivity contribution in [3.8, 4) is 0 Å². The number of imidazole rings is 1. The summed E-state index contributed by atoms with van der Waals surface area (Å²) < 4.78 is 4.39. The van der Waals surface area contributed by atoms with E-state index in [1.165, 1.54) is 23.8 Å². The second-order valence-corrected chi connectivity index (χ2v) is 10.9. The first-order chi connectivity index (χ1) is 16.8. The zero-order valence-corrected chi connectivity index (χ0v) is 20.8. The maximum Gasteiger partial charge on any atom is 0.333 e. The van der Waals surface area contributed by atoms with Gasteiger partial charge in [-0.25, -0.2) is 14.3 Å². The van der Waals surface area contributed by atoms with E-state index in [1.54, 1.807) is 10.9 Å². The molecular weight excluding hydrogens is 442 g/mol. The Morgan fingerprint density at radius 3 is 2.51 bits per heavy atom. The van der Waals surface area contributed by atoms with Gasteiger partial charge in [-0.05, 0) is 55.4 Å². The highest BCUT2D eigenvalue weighted by Crippen LogP contribution is 2.49. The summed E-state index contributed by atoms with van der Waals surface area (Å²) in [6.07, 6.45) is 6.61. The van der Waals surface area contributed by atoms with Gasteiger partial charge in [-0.1, -0.05) is 50.6 Å². The summed E-state index contributed by atoms with van der Waals surface area (Å²) in [5, 5.41) is 3.10. The number of carbonyl (C=O) groups is 1. The molecule has 4 atom stereocenters. The fourth-order valence-electron chi connectivity index (χ4n) is 6.28. The second-order valence-electron chi connectivity index (χ2n) is 10.9. The fraction of sp³-hybridized carbons (Fsp3) is 0.556. The summed E-state index contributed by atoms with van der Waals surface area (Å²) in [5.41, 5.74) is 0.674. The van der Waals surface area contributed by atoms with Crippen LogP contribution in [0.1, 0.15) is 52.0 Å². The van der Waals surface area contributed by atoms with Crippen LogP contribution in [0.25, 0.3) is 11.2 Å². The molecule has 5 rings (SSSR count). The van der Waals surface area contributed by atoms with Gasteiger partial charge in [0.25, 0.3) is 5.56 Å². The number of nitrogens with zero attached hydrogens (tertiary/aromatic N) is 4. The fourth-order valence-corrected chi connectivity index (χ4v) is 6.28. The lowest BCUT2D eigenvalue weighted by Gasteiger charge is -2.28. The zero-order valence-electron chi connectivity index (χ0n) is 20.8. The molecule has 0 aliphatic heterocycles. The van der Waals surface area contributed by atoms with Crippen molar-refractivity contribution >= 4 is 17.1 Å². The van der Waals surface area contributed by atoms with E-state index in [0.717, 1.165) is 22.5 Å². The molecule has 186 valence electrons. The average molecular weight is 478 g/mol. The van der Waals surface area contributed by atoms with Crippen molar-refractivity contribution in [3.63, 3.8) is 0 Å². The number of amides is 1. The minimum atomic E-state index is -0.510. The van der Waals surface area contributed by atoms with Crippen molar-refractivity contribution in [1.29, 1.82) is 0 Å². The van der Waals surface area contributed by atoms with Gasteiger partial charge in [0.05, 0.1) is 12.9 Å². The van der Waals surface area contributed by atoms with Gasteiger partial charge in [-0.3, -0.25) is 14.2 Å². The van der Waals surface area contributed by atoms with Gasteiger partial charge in [0.15, 0.2) is 11.2 Å². The first kappa shape index (κ1) is 23.6. The number of aromatic nitrogens is 4. The van der Waals surface area contributed by atoms with Crippen LogP contribution in [0, 0.1) is 23.7 Å². The van der Waals surface area contributed by atoms with Crippen molar-refractivity contribution < 1.29 is 4.79 Å². The van der Waals surface area contributed by atoms with E-state index in [4.69, 9.17) is 0 Å². The minimum Gasteiger partial charge on any atom is -0.352 e. The van der Waals surface area contributed by atoms with E-state index in [0.29, 0.717) is 35.5 Å². The van der Waals surface area contributed by atoms with Gasteiger partial charge in [0.1, 0.15) is 6.54 Å². The number of hydrogen-bond donors (Lipinski definition) is 1. The molecule has 1 aromatic carbocycles. The molecule has 1 amide bonds. The monoisotopic (exact) mass is 477 g/mol. The normalized spacial score (nSPS) is 22.2. The molecule has 0 saturated heterocycles. The molecule has 2 fully saturated rings. The van der Waals surface area contributed by atoms with Crippen LogP contribution in [0.2, 0.25) is 0 Å². The lowest BCUT2D eigenvalue weighted by molar-refractivity contribution is -0.122. The lowest BCUT2D eigenvalue weighted by atomic mass is 9.84. The third kappa shape index (κ3) is 4.58. The molecule has 35 heavy (non-hydrogen) atoms. The summed E-state index contributed by atoms with van der Waals surface area (Å²) in [5.74, 6) is 1.96. The first-order valence-corrected chi connectivity index (χ1v) is 12.8. The van der Waals surface area contributed by atoms with Crippen molar-refractivity contribution in [2.75, 3.05) is 0 Å². The highest BCUT2D eigenvalue weighted by molar-refractivity contribution is 5.77. The van der Waals surface area contributed by atoms with Crippen LogP contribution in [0.15, 0.2) is 46.2 Å². The molecule has 4 unspecified atom stereocenters. The number of benzene rings is 1. The predicted molar refractivity (Wildman–Crippen MR) is 135 cm³/mol. The Morgan fingerprint density at radius 2 is 1.86 bits per heavy atom. The highest BCUT2D eigenvalue weighted by atomic mass is 16.2. The van der Waals surface area contributed by atoms with E-state index in [2.05, 4.69) is 31.1 Å². The number of fused-ring (bicyclic) bond motifs is 3. The van der Waals surface area contributed by atoms with Gasteiger partial charge in [0, 0.05) is 12.6 Å². The van der Waals surface area contributed by atoms with Crippen LogP contribution >= 0.6 is 0 Å². The third-order valence-corrected chi connectivity index (χ3v) is 7.85. The molecule has 3 aromatic rings. The summed E-state index contributed by atoms with van der Waals surface area (Å²) in [4.78, 5) is 44.5. The molecule has 2 bridgehead atoms. The topological polar surface area (TPSA) is 90.9 Å². The van der Waals surface area contributed by atoms with E-state index in [-0.39, 0.29) is 25.0 Å². The standard InChI is InChI=1S/C27H35N5O3/c1-17(2)13-30-16-28-25-24(30)26(34)32(27(35)31(25)14-19-7-5-4-6-8-19)15-23(33)29-18(3)22-12-20-9-10-21(22)11-20/h4-8,16-18,20-22H,9-15H2,1-3H3,(H,29,33). The van der Waals surface area contributed by atoms with Crippen LogP contribution < -0.4 is 16.6 Å².